The maximum absolute atomic E-state index is 11.7. The highest BCUT2D eigenvalue weighted by molar-refractivity contribution is 7.21. The number of rotatable bonds is 6. The van der Waals surface area contributed by atoms with Crippen LogP contribution in [0.15, 0.2) is 24.3 Å². The Morgan fingerprint density at radius 3 is 2.81 bits per heavy atom. The molecular weight excluding hydrogens is 388 g/mol. The Hall–Kier alpha value is -2.42. The largest absolute Gasteiger partial charge is 0.457 e. The van der Waals surface area contributed by atoms with E-state index in [-0.39, 0.29) is 29.3 Å². The van der Waals surface area contributed by atoms with E-state index in [4.69, 9.17) is 27.8 Å². The number of halogens is 1. The van der Waals surface area contributed by atoms with Gasteiger partial charge in [-0.1, -0.05) is 23.7 Å². The summed E-state index contributed by atoms with van der Waals surface area (Å²) in [6.45, 7) is -0.113. The van der Waals surface area contributed by atoms with Gasteiger partial charge in [-0.2, -0.15) is 9.97 Å². The van der Waals surface area contributed by atoms with Gasteiger partial charge in [-0.15, -0.1) is 11.3 Å². The third-order valence-electron chi connectivity index (χ3n) is 4.47. The van der Waals surface area contributed by atoms with Crippen molar-refractivity contribution in [2.24, 2.45) is 11.7 Å². The number of hydrogen-bond acceptors (Lipinski definition) is 7. The molecule has 1 saturated carbocycles. The molecule has 1 aliphatic carbocycles. The highest BCUT2D eigenvalue weighted by Gasteiger charge is 2.33. The molecule has 140 valence electrons. The number of anilines is 1. The number of fused-ring (bicyclic) bond motifs is 1. The molecule has 1 aliphatic rings. The molecule has 1 aromatic carbocycles. The topological polar surface area (TPSA) is 124 Å². The highest BCUT2D eigenvalue weighted by atomic mass is 35.5. The van der Waals surface area contributed by atoms with E-state index < -0.39 is 5.91 Å². The Labute approximate surface area is 163 Å². The van der Waals surface area contributed by atoms with E-state index in [9.17, 15) is 9.90 Å². The third-order valence-corrected chi connectivity index (χ3v) is 5.82. The predicted molar refractivity (Wildman–Crippen MR) is 105 cm³/mol. The predicted octanol–water partition coefficient (Wildman–Crippen LogP) is 2.84. The first-order valence-electron chi connectivity index (χ1n) is 8.41. The molecule has 2 aromatic heterocycles. The molecule has 0 saturated heterocycles. The van der Waals surface area contributed by atoms with Crippen molar-refractivity contribution in [2.75, 3.05) is 12.3 Å². The van der Waals surface area contributed by atoms with Crippen LogP contribution in [-0.4, -0.2) is 33.7 Å². The second-order valence-electron chi connectivity index (χ2n) is 6.43. The number of ether oxygens (including phenoxy) is 1. The number of nitrogens with two attached hydrogens (primary N) is 2. The minimum absolute atomic E-state index is 0.113. The van der Waals surface area contributed by atoms with Crippen LogP contribution >= 0.6 is 22.9 Å². The van der Waals surface area contributed by atoms with Gasteiger partial charge in [0.1, 0.15) is 15.8 Å². The number of aliphatic hydroxyl groups excluding tert-OH is 1. The van der Waals surface area contributed by atoms with Crippen molar-refractivity contribution in [3.8, 4) is 17.3 Å². The molecule has 0 radical (unpaired) electrons. The van der Waals surface area contributed by atoms with Gasteiger partial charge in [0.25, 0.3) is 5.91 Å². The van der Waals surface area contributed by atoms with Crippen LogP contribution in [0.2, 0.25) is 5.02 Å². The Kier molecular flexibility index (Phi) is 4.63. The molecular formula is C18H17ClN4O3S. The molecule has 9 heteroatoms. The summed E-state index contributed by atoms with van der Waals surface area (Å²) in [6.07, 6.45) is 1.65. The maximum Gasteiger partial charge on any atom is 0.318 e. The molecule has 4 rings (SSSR count). The van der Waals surface area contributed by atoms with Crippen LogP contribution in [0.4, 0.5) is 5.69 Å². The molecule has 27 heavy (non-hydrogen) atoms. The molecule has 1 amide bonds. The molecule has 1 atom stereocenters. The van der Waals surface area contributed by atoms with Crippen molar-refractivity contribution in [1.82, 2.24) is 9.97 Å². The average Bonchev–Trinajstić information content (AvgIpc) is 3.43. The Bertz CT molecular complexity index is 1030. The Morgan fingerprint density at radius 1 is 1.41 bits per heavy atom. The van der Waals surface area contributed by atoms with Crippen molar-refractivity contribution in [1.29, 1.82) is 0 Å². The summed E-state index contributed by atoms with van der Waals surface area (Å²) in [5.74, 6) is -0.320. The Morgan fingerprint density at radius 2 is 2.19 bits per heavy atom. The first-order chi connectivity index (χ1) is 13.0. The van der Waals surface area contributed by atoms with Crippen LogP contribution in [0, 0.1) is 5.92 Å². The normalized spacial score (nSPS) is 15.0. The van der Waals surface area contributed by atoms with Crippen LogP contribution in [0.5, 0.6) is 6.01 Å². The number of carbonyl (C=O) groups excluding carboxylic acids is 1. The molecule has 5 N–H and O–H groups in total. The van der Waals surface area contributed by atoms with Crippen LogP contribution in [0.1, 0.15) is 22.5 Å². The molecule has 2 heterocycles. The summed E-state index contributed by atoms with van der Waals surface area (Å²) >= 11 is 7.22. The number of benzene rings is 1. The number of aliphatic hydroxyl groups is 1. The van der Waals surface area contributed by atoms with Gasteiger partial charge in [0.2, 0.25) is 0 Å². The van der Waals surface area contributed by atoms with E-state index in [0.29, 0.717) is 32.4 Å². The minimum atomic E-state index is -0.624. The summed E-state index contributed by atoms with van der Waals surface area (Å²) in [6, 6.07) is 7.26. The van der Waals surface area contributed by atoms with Crippen LogP contribution in [0.3, 0.4) is 0 Å². The minimum Gasteiger partial charge on any atom is -0.457 e. The van der Waals surface area contributed by atoms with Gasteiger partial charge >= 0.3 is 6.01 Å². The summed E-state index contributed by atoms with van der Waals surface area (Å²) < 4.78 is 5.84. The number of aromatic nitrogens is 2. The summed E-state index contributed by atoms with van der Waals surface area (Å²) in [4.78, 5) is 21.4. The Balaban J connectivity index is 1.90. The monoisotopic (exact) mass is 404 g/mol. The van der Waals surface area contributed by atoms with Gasteiger partial charge in [-0.25, -0.2) is 0 Å². The second-order valence-corrected chi connectivity index (χ2v) is 7.87. The van der Waals surface area contributed by atoms with E-state index in [1.54, 1.807) is 18.2 Å². The second kappa shape index (κ2) is 6.95. The highest BCUT2D eigenvalue weighted by Crippen LogP contribution is 2.40. The van der Waals surface area contributed by atoms with Crippen molar-refractivity contribution in [2.45, 2.75) is 18.9 Å². The molecule has 7 nitrogen and oxygen atoms in total. The van der Waals surface area contributed by atoms with Gasteiger partial charge in [-0.05, 0) is 30.9 Å². The van der Waals surface area contributed by atoms with Crippen LogP contribution in [0.25, 0.3) is 21.5 Å². The molecule has 1 unspecified atom stereocenters. The van der Waals surface area contributed by atoms with E-state index in [1.165, 1.54) is 0 Å². The number of carbonyl (C=O) groups is 1. The quantitative estimate of drug-likeness (QED) is 0.580. The molecule has 1 fully saturated rings. The lowest BCUT2D eigenvalue weighted by Gasteiger charge is -2.15. The van der Waals surface area contributed by atoms with Crippen molar-refractivity contribution in [3.63, 3.8) is 0 Å². The van der Waals surface area contributed by atoms with E-state index >= 15 is 0 Å². The first kappa shape index (κ1) is 18.0. The SMILES string of the molecule is NC(=O)c1sc2nc(OC(CO)C3CC3)nc(-c3cccc(Cl)c3)c2c1N. The van der Waals surface area contributed by atoms with E-state index in [1.807, 2.05) is 6.07 Å². The van der Waals surface area contributed by atoms with E-state index in [0.717, 1.165) is 24.2 Å². The number of primary amides is 1. The number of thiophene rings is 1. The molecule has 0 aliphatic heterocycles. The van der Waals surface area contributed by atoms with Crippen molar-refractivity contribution >= 4 is 44.7 Å². The van der Waals surface area contributed by atoms with Crippen LogP contribution < -0.4 is 16.2 Å². The first-order valence-corrected chi connectivity index (χ1v) is 9.60. The van der Waals surface area contributed by atoms with Gasteiger partial charge in [0, 0.05) is 10.6 Å². The third kappa shape index (κ3) is 3.43. The smallest absolute Gasteiger partial charge is 0.318 e. The lowest BCUT2D eigenvalue weighted by atomic mass is 10.1. The van der Waals surface area contributed by atoms with Crippen molar-refractivity contribution in [3.05, 3.63) is 34.2 Å². The van der Waals surface area contributed by atoms with Gasteiger partial charge in [-0.3, -0.25) is 4.79 Å². The van der Waals surface area contributed by atoms with Gasteiger partial charge < -0.3 is 21.3 Å². The number of hydrogen-bond donors (Lipinski definition) is 3. The fourth-order valence-corrected chi connectivity index (χ4v) is 4.10. The number of amides is 1. The maximum atomic E-state index is 11.7. The summed E-state index contributed by atoms with van der Waals surface area (Å²) in [7, 11) is 0. The zero-order valence-electron chi connectivity index (χ0n) is 14.2. The zero-order valence-corrected chi connectivity index (χ0v) is 15.8. The number of nitrogen functional groups attached to an aromatic ring is 1. The summed E-state index contributed by atoms with van der Waals surface area (Å²) in [5, 5.41) is 10.7. The van der Waals surface area contributed by atoms with Crippen molar-refractivity contribution < 1.29 is 14.6 Å². The van der Waals surface area contributed by atoms with Crippen LogP contribution in [-0.2, 0) is 0 Å². The molecule has 3 aromatic rings. The zero-order chi connectivity index (χ0) is 19.1. The molecule has 0 bridgehead atoms. The van der Waals surface area contributed by atoms with E-state index in [2.05, 4.69) is 9.97 Å². The average molecular weight is 405 g/mol. The lowest BCUT2D eigenvalue weighted by molar-refractivity contribution is 0.0902. The summed E-state index contributed by atoms with van der Waals surface area (Å²) in [5.41, 5.74) is 13.1. The standard InChI is InChI=1S/C18H17ClN4O3S/c19-10-3-1-2-9(6-10)14-12-13(20)15(16(21)25)27-17(12)23-18(22-14)26-11(7-24)8-4-5-8/h1-3,6,8,11,24H,4-5,7,20H2,(H2,21,25). The fourth-order valence-electron chi connectivity index (χ4n) is 2.97. The van der Waals surface area contributed by atoms with Gasteiger partial charge in [0.05, 0.1) is 23.4 Å². The number of nitrogens with zero attached hydrogens (tertiary/aromatic N) is 2. The van der Waals surface area contributed by atoms with Gasteiger partial charge in [0.15, 0.2) is 0 Å². The fraction of sp³-hybridized carbons (Fsp3) is 0.278. The molecule has 0 spiro atoms. The lowest BCUT2D eigenvalue weighted by Crippen LogP contribution is -2.24.